The molecule has 0 unspecified atom stereocenters. The van der Waals surface area contributed by atoms with Crippen molar-refractivity contribution in [2.75, 3.05) is 0 Å². The van der Waals surface area contributed by atoms with Gasteiger partial charge in [0.15, 0.2) is 0 Å². The average molecular weight is 221 g/mol. The van der Waals surface area contributed by atoms with Crippen molar-refractivity contribution in [2.24, 2.45) is 0 Å². The fourth-order valence-corrected chi connectivity index (χ4v) is 1.92. The van der Waals surface area contributed by atoms with Crippen molar-refractivity contribution >= 4 is 21.8 Å². The summed E-state index contributed by atoms with van der Waals surface area (Å²) in [6.07, 6.45) is 1.71. The number of pyridine rings is 2. The quantitative estimate of drug-likeness (QED) is 0.590. The highest BCUT2D eigenvalue weighted by molar-refractivity contribution is 6.04. The second kappa shape index (κ2) is 3.42. The number of H-pyrrole nitrogens is 1. The van der Waals surface area contributed by atoms with Crippen LogP contribution in [0.1, 0.15) is 5.56 Å². The van der Waals surface area contributed by atoms with Gasteiger partial charge in [0, 0.05) is 22.5 Å². The van der Waals surface area contributed by atoms with E-state index in [1.807, 2.05) is 24.3 Å². The third kappa shape index (κ3) is 1.37. The second-order valence-corrected chi connectivity index (χ2v) is 3.72. The molecule has 0 aliphatic rings. The first-order valence-corrected chi connectivity index (χ1v) is 5.10. The Morgan fingerprint density at radius 2 is 2.12 bits per heavy atom. The molecule has 0 saturated carbocycles. The van der Waals surface area contributed by atoms with Gasteiger partial charge >= 0.3 is 0 Å². The van der Waals surface area contributed by atoms with Gasteiger partial charge in [0.25, 0.3) is 5.56 Å². The van der Waals surface area contributed by atoms with Crippen LogP contribution in [0.25, 0.3) is 21.8 Å². The summed E-state index contributed by atoms with van der Waals surface area (Å²) in [7, 11) is 0. The molecule has 0 saturated heterocycles. The third-order valence-corrected chi connectivity index (χ3v) is 2.73. The van der Waals surface area contributed by atoms with Crippen LogP contribution in [-0.2, 0) is 0 Å². The van der Waals surface area contributed by atoms with Crippen molar-refractivity contribution < 1.29 is 0 Å². The maximum absolute atomic E-state index is 11.5. The summed E-state index contributed by atoms with van der Waals surface area (Å²) in [6, 6.07) is 10.9. The van der Waals surface area contributed by atoms with E-state index in [1.165, 1.54) is 0 Å². The van der Waals surface area contributed by atoms with Crippen LogP contribution in [0.5, 0.6) is 0 Å². The number of nitrogens with zero attached hydrogens (tertiary/aromatic N) is 2. The van der Waals surface area contributed by atoms with Crippen molar-refractivity contribution in [3.63, 3.8) is 0 Å². The molecule has 0 atom stereocenters. The van der Waals surface area contributed by atoms with Gasteiger partial charge in [0.2, 0.25) is 0 Å². The Hall–Kier alpha value is -2.67. The number of rotatable bonds is 0. The number of hydrogen-bond donors (Lipinski definition) is 1. The van der Waals surface area contributed by atoms with Crippen molar-refractivity contribution in [3.8, 4) is 6.07 Å². The predicted molar refractivity (Wildman–Crippen MR) is 64.6 cm³/mol. The van der Waals surface area contributed by atoms with Gasteiger partial charge in [-0.25, -0.2) is 0 Å². The zero-order valence-corrected chi connectivity index (χ0v) is 8.77. The Morgan fingerprint density at radius 3 is 2.94 bits per heavy atom. The molecule has 17 heavy (non-hydrogen) atoms. The summed E-state index contributed by atoms with van der Waals surface area (Å²) in [6.45, 7) is 0. The topological polar surface area (TPSA) is 69.5 Å². The largest absolute Gasteiger partial charge is 0.321 e. The van der Waals surface area contributed by atoms with Crippen LogP contribution in [0.3, 0.4) is 0 Å². The normalized spacial score (nSPS) is 10.5. The minimum atomic E-state index is -0.358. The number of aromatic nitrogens is 2. The lowest BCUT2D eigenvalue weighted by molar-refractivity contribution is 1.27. The standard InChI is InChI=1S/C13H7N3O/c14-7-8-6-10-9-2-1-5-15-11(9)3-4-12(10)16-13(8)17/h1-6H,(H,16,17). The van der Waals surface area contributed by atoms with Crippen LogP contribution >= 0.6 is 0 Å². The summed E-state index contributed by atoms with van der Waals surface area (Å²) in [5, 5.41) is 10.6. The molecule has 0 amide bonds. The molecule has 2 aromatic heterocycles. The number of fused-ring (bicyclic) bond motifs is 3. The third-order valence-electron chi connectivity index (χ3n) is 2.73. The maximum Gasteiger partial charge on any atom is 0.266 e. The van der Waals surface area contributed by atoms with E-state index in [-0.39, 0.29) is 11.1 Å². The molecule has 0 bridgehead atoms. The van der Waals surface area contributed by atoms with Crippen LogP contribution in [0, 0.1) is 11.3 Å². The van der Waals surface area contributed by atoms with Gasteiger partial charge in [-0.15, -0.1) is 0 Å². The highest BCUT2D eigenvalue weighted by Crippen LogP contribution is 2.21. The molecular formula is C13H7N3O. The van der Waals surface area contributed by atoms with Crippen molar-refractivity contribution in [2.45, 2.75) is 0 Å². The van der Waals surface area contributed by atoms with Gasteiger partial charge in [0.1, 0.15) is 11.6 Å². The number of hydrogen-bond acceptors (Lipinski definition) is 3. The van der Waals surface area contributed by atoms with E-state index < -0.39 is 0 Å². The molecule has 0 radical (unpaired) electrons. The second-order valence-electron chi connectivity index (χ2n) is 3.72. The first kappa shape index (κ1) is 9.55. The summed E-state index contributed by atoms with van der Waals surface area (Å²) < 4.78 is 0. The molecule has 3 rings (SSSR count). The molecule has 1 N–H and O–H groups in total. The van der Waals surface area contributed by atoms with E-state index in [2.05, 4.69) is 9.97 Å². The van der Waals surface area contributed by atoms with Crippen LogP contribution < -0.4 is 5.56 Å². The molecule has 0 fully saturated rings. The van der Waals surface area contributed by atoms with Gasteiger partial charge in [-0.2, -0.15) is 5.26 Å². The summed E-state index contributed by atoms with van der Waals surface area (Å²) in [5.41, 5.74) is 1.32. The Balaban J connectivity index is 2.58. The lowest BCUT2D eigenvalue weighted by Crippen LogP contribution is -2.09. The lowest BCUT2D eigenvalue weighted by atomic mass is 10.1. The van der Waals surface area contributed by atoms with E-state index in [0.717, 1.165) is 21.8 Å². The van der Waals surface area contributed by atoms with E-state index in [0.29, 0.717) is 0 Å². The number of nitriles is 1. The minimum absolute atomic E-state index is 0.119. The molecule has 3 aromatic rings. The first-order chi connectivity index (χ1) is 8.29. The minimum Gasteiger partial charge on any atom is -0.321 e. The van der Waals surface area contributed by atoms with Crippen molar-refractivity contribution in [1.82, 2.24) is 9.97 Å². The summed E-state index contributed by atoms with van der Waals surface area (Å²) in [5.74, 6) is 0. The molecule has 4 heteroatoms. The summed E-state index contributed by atoms with van der Waals surface area (Å²) >= 11 is 0. The lowest BCUT2D eigenvalue weighted by Gasteiger charge is -2.02. The molecule has 80 valence electrons. The highest BCUT2D eigenvalue weighted by Gasteiger charge is 2.05. The summed E-state index contributed by atoms with van der Waals surface area (Å²) in [4.78, 5) is 18.4. The smallest absolute Gasteiger partial charge is 0.266 e. The molecule has 0 aliphatic carbocycles. The van der Waals surface area contributed by atoms with E-state index in [1.54, 1.807) is 18.3 Å². The monoisotopic (exact) mass is 221 g/mol. The Morgan fingerprint density at radius 1 is 1.24 bits per heavy atom. The SMILES string of the molecule is N#Cc1cc2c(ccc3ncccc32)[nH]c1=O. The molecule has 4 nitrogen and oxygen atoms in total. The highest BCUT2D eigenvalue weighted by atomic mass is 16.1. The fourth-order valence-electron chi connectivity index (χ4n) is 1.92. The number of benzene rings is 1. The van der Waals surface area contributed by atoms with Crippen molar-refractivity contribution in [3.05, 3.63) is 52.4 Å². The van der Waals surface area contributed by atoms with Gasteiger partial charge in [-0.05, 0) is 24.3 Å². The fraction of sp³-hybridized carbons (Fsp3) is 0. The number of nitrogens with one attached hydrogen (secondary N) is 1. The first-order valence-electron chi connectivity index (χ1n) is 5.10. The molecular weight excluding hydrogens is 214 g/mol. The zero-order valence-electron chi connectivity index (χ0n) is 8.77. The van der Waals surface area contributed by atoms with Gasteiger partial charge in [-0.1, -0.05) is 6.07 Å². The van der Waals surface area contributed by atoms with Gasteiger partial charge in [0.05, 0.1) is 5.52 Å². The van der Waals surface area contributed by atoms with Crippen molar-refractivity contribution in [1.29, 1.82) is 5.26 Å². The average Bonchev–Trinajstić information content (AvgIpc) is 2.37. The maximum atomic E-state index is 11.5. The van der Waals surface area contributed by atoms with Gasteiger partial charge in [-0.3, -0.25) is 9.78 Å². The van der Waals surface area contributed by atoms with Crippen LogP contribution in [0.4, 0.5) is 0 Å². The Kier molecular flexibility index (Phi) is 1.92. The van der Waals surface area contributed by atoms with E-state index in [4.69, 9.17) is 5.26 Å². The Bertz CT molecular complexity index is 827. The molecule has 2 heterocycles. The molecule has 0 spiro atoms. The van der Waals surface area contributed by atoms with Crippen LogP contribution in [0.15, 0.2) is 41.3 Å². The molecule has 1 aromatic carbocycles. The number of aromatic amines is 1. The van der Waals surface area contributed by atoms with Crippen LogP contribution in [-0.4, -0.2) is 9.97 Å². The predicted octanol–water partition coefficient (Wildman–Crippen LogP) is 1.95. The van der Waals surface area contributed by atoms with E-state index >= 15 is 0 Å². The van der Waals surface area contributed by atoms with Gasteiger partial charge < -0.3 is 4.98 Å². The van der Waals surface area contributed by atoms with Crippen LogP contribution in [0.2, 0.25) is 0 Å². The Labute approximate surface area is 96.2 Å². The van der Waals surface area contributed by atoms with E-state index in [9.17, 15) is 4.79 Å². The molecule has 0 aliphatic heterocycles. The zero-order chi connectivity index (χ0) is 11.8.